The molecule has 0 aliphatic heterocycles. The van der Waals surface area contributed by atoms with E-state index < -0.39 is 0 Å². The van der Waals surface area contributed by atoms with Gasteiger partial charge in [-0.3, -0.25) is 9.59 Å². The van der Waals surface area contributed by atoms with Crippen molar-refractivity contribution in [2.75, 3.05) is 14.2 Å². The Morgan fingerprint density at radius 3 is 2.27 bits per heavy atom. The summed E-state index contributed by atoms with van der Waals surface area (Å²) >= 11 is 0. The van der Waals surface area contributed by atoms with Gasteiger partial charge in [-0.05, 0) is 18.2 Å². The first-order chi connectivity index (χ1) is 12.6. The van der Waals surface area contributed by atoms with Gasteiger partial charge in [-0.15, -0.1) is 0 Å². The molecule has 0 unspecified atom stereocenters. The van der Waals surface area contributed by atoms with Gasteiger partial charge in [-0.25, -0.2) is 4.98 Å². The summed E-state index contributed by atoms with van der Waals surface area (Å²) in [5.41, 5.74) is 2.36. The molecule has 1 aliphatic carbocycles. The molecule has 5 heteroatoms. The Morgan fingerprint density at radius 1 is 0.808 bits per heavy atom. The summed E-state index contributed by atoms with van der Waals surface area (Å²) in [6, 6.07) is 16.0. The highest BCUT2D eigenvalue weighted by atomic mass is 16.5. The number of benzene rings is 2. The molecular weight excluding hydrogens is 330 g/mol. The minimum Gasteiger partial charge on any atom is -0.497 e. The summed E-state index contributed by atoms with van der Waals surface area (Å²) in [4.78, 5) is 30.5. The van der Waals surface area contributed by atoms with Gasteiger partial charge >= 0.3 is 0 Å². The molecule has 0 radical (unpaired) electrons. The third-order valence-electron chi connectivity index (χ3n) is 4.43. The fourth-order valence-corrected chi connectivity index (χ4v) is 3.12. The van der Waals surface area contributed by atoms with E-state index >= 15 is 0 Å². The lowest BCUT2D eigenvalue weighted by atomic mass is 9.86. The van der Waals surface area contributed by atoms with Crippen LogP contribution in [0, 0.1) is 0 Å². The van der Waals surface area contributed by atoms with Gasteiger partial charge in [-0.1, -0.05) is 30.3 Å². The maximum absolute atomic E-state index is 13.0. The topological polar surface area (TPSA) is 65.5 Å². The predicted molar refractivity (Wildman–Crippen MR) is 96.1 cm³/mol. The minimum atomic E-state index is -0.298. The van der Waals surface area contributed by atoms with Crippen molar-refractivity contribution in [1.29, 1.82) is 0 Å². The van der Waals surface area contributed by atoms with Crippen LogP contribution in [0.15, 0.2) is 54.6 Å². The van der Waals surface area contributed by atoms with E-state index in [0.717, 1.165) is 5.56 Å². The highest BCUT2D eigenvalue weighted by molar-refractivity contribution is 6.28. The fraction of sp³-hybridized carbons (Fsp3) is 0.0952. The predicted octanol–water partition coefficient (Wildman–Crippen LogP) is 3.54. The molecule has 4 rings (SSSR count). The molecule has 0 atom stereocenters. The molecule has 1 aromatic heterocycles. The van der Waals surface area contributed by atoms with Crippen molar-refractivity contribution in [2.45, 2.75) is 0 Å². The van der Waals surface area contributed by atoms with Crippen LogP contribution in [0.1, 0.15) is 32.0 Å². The number of fused-ring (bicyclic) bond motifs is 2. The number of hydrogen-bond donors (Lipinski definition) is 0. The Hall–Kier alpha value is -3.47. The third-order valence-corrected chi connectivity index (χ3v) is 4.43. The van der Waals surface area contributed by atoms with Crippen molar-refractivity contribution < 1.29 is 19.1 Å². The van der Waals surface area contributed by atoms with Crippen LogP contribution >= 0.6 is 0 Å². The SMILES string of the molecule is COc1ccc2c(c1)C(=O)c1c(OC)cc(-c3ccccc3)nc1C2=O. The lowest BCUT2D eigenvalue weighted by Gasteiger charge is -2.20. The number of carbonyl (C=O) groups is 2. The smallest absolute Gasteiger partial charge is 0.213 e. The largest absolute Gasteiger partial charge is 0.497 e. The number of aromatic nitrogens is 1. The molecule has 2 aromatic carbocycles. The number of hydrogen-bond acceptors (Lipinski definition) is 5. The summed E-state index contributed by atoms with van der Waals surface area (Å²) in [5, 5.41) is 0. The summed E-state index contributed by atoms with van der Waals surface area (Å²) in [6.45, 7) is 0. The number of ether oxygens (including phenoxy) is 2. The first-order valence-corrected chi connectivity index (χ1v) is 8.06. The van der Waals surface area contributed by atoms with E-state index in [0.29, 0.717) is 28.3 Å². The molecule has 0 spiro atoms. The molecule has 1 heterocycles. The summed E-state index contributed by atoms with van der Waals surface area (Å²) < 4.78 is 10.6. The van der Waals surface area contributed by atoms with Crippen LogP contribution in [-0.2, 0) is 0 Å². The first-order valence-electron chi connectivity index (χ1n) is 8.06. The van der Waals surface area contributed by atoms with E-state index in [9.17, 15) is 9.59 Å². The maximum Gasteiger partial charge on any atom is 0.213 e. The highest BCUT2D eigenvalue weighted by Gasteiger charge is 2.34. The molecule has 0 bridgehead atoms. The molecule has 3 aromatic rings. The van der Waals surface area contributed by atoms with E-state index in [1.807, 2.05) is 30.3 Å². The zero-order valence-corrected chi connectivity index (χ0v) is 14.3. The van der Waals surface area contributed by atoms with Gasteiger partial charge in [0, 0.05) is 22.8 Å². The average molecular weight is 345 g/mol. The molecule has 0 fully saturated rings. The second kappa shape index (κ2) is 6.11. The lowest BCUT2D eigenvalue weighted by molar-refractivity contribution is 0.0972. The molecule has 0 amide bonds. The number of methoxy groups -OCH3 is 2. The normalized spacial score (nSPS) is 12.4. The Labute approximate surface area is 150 Å². The molecular formula is C21H15NO4. The molecule has 26 heavy (non-hydrogen) atoms. The zero-order chi connectivity index (χ0) is 18.3. The van der Waals surface area contributed by atoms with Crippen molar-refractivity contribution in [3.05, 3.63) is 77.0 Å². The van der Waals surface area contributed by atoms with Gasteiger partial charge in [0.1, 0.15) is 17.2 Å². The molecule has 5 nitrogen and oxygen atoms in total. The number of ketones is 2. The Morgan fingerprint density at radius 2 is 1.58 bits per heavy atom. The van der Waals surface area contributed by atoms with Crippen LogP contribution in [0.5, 0.6) is 11.5 Å². The second-order valence-electron chi connectivity index (χ2n) is 5.87. The molecule has 0 saturated carbocycles. The van der Waals surface area contributed by atoms with Gasteiger partial charge in [0.25, 0.3) is 0 Å². The van der Waals surface area contributed by atoms with Crippen molar-refractivity contribution in [1.82, 2.24) is 4.98 Å². The van der Waals surface area contributed by atoms with Gasteiger partial charge < -0.3 is 9.47 Å². The van der Waals surface area contributed by atoms with Gasteiger partial charge in [0.05, 0.1) is 25.5 Å². The van der Waals surface area contributed by atoms with Crippen LogP contribution in [0.25, 0.3) is 11.3 Å². The quantitative estimate of drug-likeness (QED) is 0.568. The van der Waals surface area contributed by atoms with Gasteiger partial charge in [-0.2, -0.15) is 0 Å². The van der Waals surface area contributed by atoms with Crippen LogP contribution in [0.3, 0.4) is 0 Å². The van der Waals surface area contributed by atoms with Crippen LogP contribution < -0.4 is 9.47 Å². The minimum absolute atomic E-state index is 0.117. The summed E-state index contributed by atoms with van der Waals surface area (Å²) in [5.74, 6) is 0.257. The van der Waals surface area contributed by atoms with Crippen LogP contribution in [0.2, 0.25) is 0 Å². The maximum atomic E-state index is 13.0. The number of rotatable bonds is 3. The monoisotopic (exact) mass is 345 g/mol. The van der Waals surface area contributed by atoms with Crippen molar-refractivity contribution in [2.24, 2.45) is 0 Å². The Bertz CT molecular complexity index is 1040. The summed E-state index contributed by atoms with van der Waals surface area (Å²) in [6.07, 6.45) is 0. The number of pyridine rings is 1. The van der Waals surface area contributed by atoms with Gasteiger partial charge in [0.15, 0.2) is 5.78 Å². The molecule has 0 N–H and O–H groups in total. The van der Waals surface area contributed by atoms with Crippen molar-refractivity contribution >= 4 is 11.6 Å². The third kappa shape index (κ3) is 2.37. The fourth-order valence-electron chi connectivity index (χ4n) is 3.12. The molecule has 128 valence electrons. The molecule has 1 aliphatic rings. The lowest BCUT2D eigenvalue weighted by Crippen LogP contribution is -2.23. The van der Waals surface area contributed by atoms with Gasteiger partial charge in [0.2, 0.25) is 5.78 Å². The Kier molecular flexibility index (Phi) is 3.77. The first kappa shape index (κ1) is 16.0. The molecule has 0 saturated heterocycles. The van der Waals surface area contributed by atoms with Crippen LogP contribution in [0.4, 0.5) is 0 Å². The zero-order valence-electron chi connectivity index (χ0n) is 14.3. The Balaban J connectivity index is 1.95. The van der Waals surface area contributed by atoms with E-state index in [-0.39, 0.29) is 22.8 Å². The van der Waals surface area contributed by atoms with E-state index in [1.54, 1.807) is 24.3 Å². The van der Waals surface area contributed by atoms with E-state index in [4.69, 9.17) is 9.47 Å². The number of carbonyl (C=O) groups excluding carboxylic acids is 2. The van der Waals surface area contributed by atoms with E-state index in [1.165, 1.54) is 14.2 Å². The second-order valence-corrected chi connectivity index (χ2v) is 5.87. The van der Waals surface area contributed by atoms with Crippen molar-refractivity contribution in [3.63, 3.8) is 0 Å². The summed E-state index contributed by atoms with van der Waals surface area (Å²) in [7, 11) is 2.99. The standard InChI is InChI=1S/C21H15NO4/c1-25-13-8-9-14-15(10-13)20(23)18-17(26-2)11-16(22-19(18)21(14)24)12-6-4-3-5-7-12/h3-11H,1-2H3. The average Bonchev–Trinajstić information content (AvgIpc) is 2.71. The number of nitrogens with zero attached hydrogens (tertiary/aromatic N) is 1. The van der Waals surface area contributed by atoms with Crippen molar-refractivity contribution in [3.8, 4) is 22.8 Å². The highest BCUT2D eigenvalue weighted by Crippen LogP contribution is 2.36. The van der Waals surface area contributed by atoms with E-state index in [2.05, 4.69) is 4.98 Å². The van der Waals surface area contributed by atoms with Crippen LogP contribution in [-0.4, -0.2) is 30.8 Å².